The van der Waals surface area contributed by atoms with Crippen LogP contribution in [0, 0.1) is 13.8 Å². The summed E-state index contributed by atoms with van der Waals surface area (Å²) in [7, 11) is 0. The normalized spacial score (nSPS) is 11.1. The average Bonchev–Trinajstić information content (AvgIpc) is 3.38. The highest BCUT2D eigenvalue weighted by molar-refractivity contribution is 6.30. The van der Waals surface area contributed by atoms with E-state index in [4.69, 9.17) is 11.6 Å². The molecule has 0 aliphatic carbocycles. The fraction of sp³-hybridized carbons (Fsp3) is 0.0870. The lowest BCUT2D eigenvalue weighted by molar-refractivity contribution is 0.102. The highest BCUT2D eigenvalue weighted by Gasteiger charge is 2.18. The highest BCUT2D eigenvalue weighted by Crippen LogP contribution is 2.25. The molecular formula is C23H18ClN7O. The standard InChI is InChI=1S/C23H18ClN7O/c1-14-3-5-16(6-4-14)23(32)28-20-11-15(2)29-31(20)22-19-12-27-30(21(19)25-13-26-22)18-9-7-17(24)8-10-18/h3-13H,1-2H3,(H,28,32). The van der Waals surface area contributed by atoms with Gasteiger partial charge >= 0.3 is 0 Å². The van der Waals surface area contributed by atoms with Crippen molar-refractivity contribution < 1.29 is 4.79 Å². The SMILES string of the molecule is Cc1ccc(C(=O)Nc2cc(C)nn2-c2ncnc3c2cnn3-c2ccc(Cl)cc2)cc1. The van der Waals surface area contributed by atoms with Crippen LogP contribution in [0.2, 0.25) is 5.02 Å². The van der Waals surface area contributed by atoms with Gasteiger partial charge < -0.3 is 5.32 Å². The number of carbonyl (C=O) groups excluding carboxylic acids is 1. The van der Waals surface area contributed by atoms with E-state index in [0.29, 0.717) is 33.3 Å². The summed E-state index contributed by atoms with van der Waals surface area (Å²) < 4.78 is 3.30. The molecule has 0 bridgehead atoms. The lowest BCUT2D eigenvalue weighted by Gasteiger charge is -2.09. The van der Waals surface area contributed by atoms with Gasteiger partial charge in [-0.1, -0.05) is 29.3 Å². The number of hydrogen-bond donors (Lipinski definition) is 1. The Kier molecular flexibility index (Phi) is 4.91. The molecule has 0 unspecified atom stereocenters. The third kappa shape index (κ3) is 3.61. The molecule has 0 aliphatic heterocycles. The zero-order valence-corrected chi connectivity index (χ0v) is 18.1. The fourth-order valence-electron chi connectivity index (χ4n) is 3.42. The summed E-state index contributed by atoms with van der Waals surface area (Å²) in [5.74, 6) is 0.795. The number of amides is 1. The average molecular weight is 444 g/mol. The molecule has 5 aromatic rings. The van der Waals surface area contributed by atoms with Crippen LogP contribution >= 0.6 is 11.6 Å². The van der Waals surface area contributed by atoms with Gasteiger partial charge in [0.1, 0.15) is 12.1 Å². The molecule has 0 saturated carbocycles. The minimum Gasteiger partial charge on any atom is -0.306 e. The lowest BCUT2D eigenvalue weighted by atomic mass is 10.1. The molecule has 3 heterocycles. The maximum Gasteiger partial charge on any atom is 0.256 e. The van der Waals surface area contributed by atoms with Gasteiger partial charge in [0.25, 0.3) is 5.91 Å². The maximum atomic E-state index is 12.8. The van der Waals surface area contributed by atoms with Gasteiger partial charge in [-0.3, -0.25) is 4.79 Å². The van der Waals surface area contributed by atoms with Crippen molar-refractivity contribution in [3.63, 3.8) is 0 Å². The molecule has 32 heavy (non-hydrogen) atoms. The first kappa shape index (κ1) is 19.9. The van der Waals surface area contributed by atoms with Crippen molar-refractivity contribution in [1.29, 1.82) is 0 Å². The van der Waals surface area contributed by atoms with Gasteiger partial charge in [-0.25, -0.2) is 14.6 Å². The minimum atomic E-state index is -0.228. The summed E-state index contributed by atoms with van der Waals surface area (Å²) in [6.07, 6.45) is 3.14. The number of aryl methyl sites for hydroxylation is 2. The van der Waals surface area contributed by atoms with Crippen LogP contribution in [-0.4, -0.2) is 35.4 Å². The van der Waals surface area contributed by atoms with Crippen LogP contribution in [0.15, 0.2) is 67.1 Å². The molecule has 0 saturated heterocycles. The monoisotopic (exact) mass is 443 g/mol. The Morgan fingerprint density at radius 2 is 1.72 bits per heavy atom. The molecule has 9 heteroatoms. The zero-order chi connectivity index (χ0) is 22.2. The van der Waals surface area contributed by atoms with Crippen molar-refractivity contribution >= 4 is 34.4 Å². The first-order valence-electron chi connectivity index (χ1n) is 9.89. The van der Waals surface area contributed by atoms with Crippen LogP contribution in [-0.2, 0) is 0 Å². The summed E-state index contributed by atoms with van der Waals surface area (Å²) in [6, 6.07) is 16.5. The molecule has 0 aliphatic rings. The first-order chi connectivity index (χ1) is 15.5. The summed E-state index contributed by atoms with van der Waals surface area (Å²) >= 11 is 6.01. The van der Waals surface area contributed by atoms with Gasteiger partial charge in [-0.05, 0) is 50.2 Å². The number of hydrogen-bond acceptors (Lipinski definition) is 5. The largest absolute Gasteiger partial charge is 0.306 e. The van der Waals surface area contributed by atoms with E-state index in [2.05, 4.69) is 25.5 Å². The van der Waals surface area contributed by atoms with E-state index in [-0.39, 0.29) is 5.91 Å². The van der Waals surface area contributed by atoms with Crippen molar-refractivity contribution in [3.8, 4) is 11.5 Å². The number of nitrogens with one attached hydrogen (secondary N) is 1. The summed E-state index contributed by atoms with van der Waals surface area (Å²) in [4.78, 5) is 21.6. The summed E-state index contributed by atoms with van der Waals surface area (Å²) in [6.45, 7) is 3.83. The maximum absolute atomic E-state index is 12.8. The quantitative estimate of drug-likeness (QED) is 0.441. The molecule has 3 aromatic heterocycles. The van der Waals surface area contributed by atoms with E-state index in [0.717, 1.165) is 16.9 Å². The molecule has 1 amide bonds. The zero-order valence-electron chi connectivity index (χ0n) is 17.3. The van der Waals surface area contributed by atoms with Gasteiger partial charge in [-0.2, -0.15) is 14.9 Å². The topological polar surface area (TPSA) is 90.5 Å². The van der Waals surface area contributed by atoms with E-state index in [1.165, 1.54) is 6.33 Å². The lowest BCUT2D eigenvalue weighted by Crippen LogP contribution is -2.15. The Morgan fingerprint density at radius 1 is 0.969 bits per heavy atom. The molecule has 0 atom stereocenters. The number of nitrogens with zero attached hydrogens (tertiary/aromatic N) is 6. The van der Waals surface area contributed by atoms with E-state index in [1.807, 2.05) is 38.1 Å². The van der Waals surface area contributed by atoms with E-state index < -0.39 is 0 Å². The number of benzene rings is 2. The van der Waals surface area contributed by atoms with Crippen LogP contribution in [0.5, 0.6) is 0 Å². The van der Waals surface area contributed by atoms with Crippen LogP contribution in [0.3, 0.4) is 0 Å². The summed E-state index contributed by atoms with van der Waals surface area (Å²) in [5.41, 5.74) is 3.81. The van der Waals surface area contributed by atoms with Crippen molar-refractivity contribution in [1.82, 2.24) is 29.5 Å². The van der Waals surface area contributed by atoms with Crippen LogP contribution < -0.4 is 5.32 Å². The van der Waals surface area contributed by atoms with Gasteiger partial charge in [0.2, 0.25) is 0 Å². The van der Waals surface area contributed by atoms with Crippen LogP contribution in [0.4, 0.5) is 5.82 Å². The van der Waals surface area contributed by atoms with Crippen molar-refractivity contribution in [2.24, 2.45) is 0 Å². The molecule has 158 valence electrons. The third-order valence-electron chi connectivity index (χ3n) is 5.00. The van der Waals surface area contributed by atoms with E-state index in [1.54, 1.807) is 45.9 Å². The van der Waals surface area contributed by atoms with Gasteiger partial charge in [0.05, 0.1) is 23.0 Å². The predicted octanol–water partition coefficient (Wildman–Crippen LogP) is 4.52. The molecule has 1 N–H and O–H groups in total. The number of halogens is 1. The molecule has 0 radical (unpaired) electrons. The molecule has 5 rings (SSSR count). The summed E-state index contributed by atoms with van der Waals surface area (Å²) in [5, 5.41) is 13.3. The molecule has 0 spiro atoms. The van der Waals surface area contributed by atoms with Crippen LogP contribution in [0.1, 0.15) is 21.6 Å². The first-order valence-corrected chi connectivity index (χ1v) is 10.3. The second-order valence-electron chi connectivity index (χ2n) is 7.37. The number of rotatable bonds is 4. The van der Waals surface area contributed by atoms with Gasteiger partial charge in [-0.15, -0.1) is 0 Å². The second-order valence-corrected chi connectivity index (χ2v) is 7.81. The molecular weight excluding hydrogens is 426 g/mol. The van der Waals surface area contributed by atoms with Crippen molar-refractivity contribution in [2.75, 3.05) is 5.32 Å². The third-order valence-corrected chi connectivity index (χ3v) is 5.26. The smallest absolute Gasteiger partial charge is 0.256 e. The highest BCUT2D eigenvalue weighted by atomic mass is 35.5. The van der Waals surface area contributed by atoms with Gasteiger partial charge in [0.15, 0.2) is 11.5 Å². The Hall–Kier alpha value is -4.04. The van der Waals surface area contributed by atoms with Gasteiger partial charge in [0, 0.05) is 16.7 Å². The number of anilines is 1. The number of aromatic nitrogens is 6. The van der Waals surface area contributed by atoms with E-state index >= 15 is 0 Å². The Bertz CT molecular complexity index is 1440. The molecule has 8 nitrogen and oxygen atoms in total. The van der Waals surface area contributed by atoms with E-state index in [9.17, 15) is 4.79 Å². The Morgan fingerprint density at radius 3 is 2.47 bits per heavy atom. The Balaban J connectivity index is 1.55. The molecule has 0 fully saturated rings. The predicted molar refractivity (Wildman–Crippen MR) is 123 cm³/mol. The number of fused-ring (bicyclic) bond motifs is 1. The Labute approximate surface area is 188 Å². The second kappa shape index (κ2) is 7.90. The fourth-order valence-corrected chi connectivity index (χ4v) is 3.54. The van der Waals surface area contributed by atoms with Crippen molar-refractivity contribution in [2.45, 2.75) is 13.8 Å². The van der Waals surface area contributed by atoms with Crippen LogP contribution in [0.25, 0.3) is 22.5 Å². The number of carbonyl (C=O) groups is 1. The van der Waals surface area contributed by atoms with Crippen molar-refractivity contribution in [3.05, 3.63) is 89.0 Å². The minimum absolute atomic E-state index is 0.228. The molecule has 2 aromatic carbocycles.